The second kappa shape index (κ2) is 13.6. The van der Waals surface area contributed by atoms with Crippen LogP contribution in [0.3, 0.4) is 0 Å². The Morgan fingerprint density at radius 1 is 1.10 bits per heavy atom. The van der Waals surface area contributed by atoms with Crippen molar-refractivity contribution in [1.82, 2.24) is 15.6 Å². The van der Waals surface area contributed by atoms with Gasteiger partial charge in [-0.05, 0) is 74.6 Å². The highest BCUT2D eigenvalue weighted by Gasteiger charge is 2.29. The zero-order chi connectivity index (χ0) is 29.3. The molecule has 1 saturated carbocycles. The van der Waals surface area contributed by atoms with Gasteiger partial charge in [-0.1, -0.05) is 30.4 Å². The zero-order valence-electron chi connectivity index (χ0n) is 22.5. The number of nitrogens with one attached hydrogen (secondary N) is 2. The van der Waals surface area contributed by atoms with Crippen LogP contribution in [-0.2, 0) is 12.7 Å². The Labute approximate surface area is 231 Å². The number of anilines is 1. The van der Waals surface area contributed by atoms with Crippen LogP contribution in [0.5, 0.6) is 5.75 Å². The molecule has 1 unspecified atom stereocenters. The second-order valence-electron chi connectivity index (χ2n) is 9.50. The number of pyridine rings is 1. The number of carbonyl (C=O) groups is 2. The van der Waals surface area contributed by atoms with Gasteiger partial charge in [-0.25, -0.2) is 4.98 Å². The van der Waals surface area contributed by atoms with Crippen LogP contribution in [0.4, 0.5) is 19.0 Å². The molecule has 1 atom stereocenters. The Bertz CT molecular complexity index is 1320. The van der Waals surface area contributed by atoms with Gasteiger partial charge in [0.05, 0.1) is 18.2 Å². The minimum absolute atomic E-state index is 0.0175. The molecule has 2 amide bonds. The molecule has 1 aromatic heterocycles. The summed E-state index contributed by atoms with van der Waals surface area (Å²) in [6, 6.07) is 13.4. The van der Waals surface area contributed by atoms with Crippen molar-refractivity contribution in [3.05, 3.63) is 101 Å². The standard InChI is InChI=1S/C16H21NO2.C14H12F3N3O/c1-11-6-4-7-13(10-11)17-16(18)14-8-5-9-15(19-3)12(14)2;15-14(16,17)11-4-1-9(2-5-11)7-20-13(21)10-3-6-12(18)19-8-10/h5,8-9,13H,1,4,6-7,10H2,2-3H3,(H,17,18);1-6,8H,7H2,(H2,18,19)(H,20,21). The zero-order valence-corrected chi connectivity index (χ0v) is 22.5. The summed E-state index contributed by atoms with van der Waals surface area (Å²) in [6.45, 7) is 6.05. The minimum atomic E-state index is -4.36. The van der Waals surface area contributed by atoms with Crippen molar-refractivity contribution in [2.45, 2.75) is 51.4 Å². The van der Waals surface area contributed by atoms with Crippen molar-refractivity contribution in [2.24, 2.45) is 0 Å². The van der Waals surface area contributed by atoms with Crippen LogP contribution < -0.4 is 21.1 Å². The van der Waals surface area contributed by atoms with Crippen molar-refractivity contribution in [3.8, 4) is 5.75 Å². The number of rotatable bonds is 6. The van der Waals surface area contributed by atoms with E-state index in [1.165, 1.54) is 36.0 Å². The molecule has 1 aliphatic carbocycles. The molecule has 2 aromatic carbocycles. The molecule has 4 N–H and O–H groups in total. The van der Waals surface area contributed by atoms with Gasteiger partial charge in [0.15, 0.2) is 0 Å². The number of ether oxygens (including phenoxy) is 1. The predicted molar refractivity (Wildman–Crippen MR) is 148 cm³/mol. The summed E-state index contributed by atoms with van der Waals surface area (Å²) in [5.74, 6) is 0.661. The lowest BCUT2D eigenvalue weighted by Crippen LogP contribution is -2.36. The van der Waals surface area contributed by atoms with Gasteiger partial charge in [-0.3, -0.25) is 9.59 Å². The SMILES string of the molecule is C=C1CCCC(NC(=O)c2cccc(OC)c2C)C1.Nc1ccc(C(=O)NCc2ccc(C(F)(F)F)cc2)cn1. The first-order valence-corrected chi connectivity index (χ1v) is 12.7. The molecule has 7 nitrogen and oxygen atoms in total. The maximum absolute atomic E-state index is 12.4. The van der Waals surface area contributed by atoms with Crippen molar-refractivity contribution in [1.29, 1.82) is 0 Å². The molecular formula is C30H33F3N4O3. The summed E-state index contributed by atoms with van der Waals surface area (Å²) in [5, 5.41) is 5.69. The summed E-state index contributed by atoms with van der Waals surface area (Å²) < 4.78 is 42.5. The molecule has 0 bridgehead atoms. The number of nitrogens with zero attached hydrogens (tertiary/aromatic N) is 1. The van der Waals surface area contributed by atoms with Gasteiger partial charge in [-0.15, -0.1) is 0 Å². The maximum atomic E-state index is 12.4. The van der Waals surface area contributed by atoms with Gasteiger partial charge < -0.3 is 21.1 Å². The smallest absolute Gasteiger partial charge is 0.416 e. The molecule has 4 rings (SSSR count). The molecular weight excluding hydrogens is 521 g/mol. The maximum Gasteiger partial charge on any atom is 0.416 e. The van der Waals surface area contributed by atoms with E-state index in [1.54, 1.807) is 7.11 Å². The minimum Gasteiger partial charge on any atom is -0.496 e. The van der Waals surface area contributed by atoms with Gasteiger partial charge in [0.2, 0.25) is 0 Å². The number of nitrogens with two attached hydrogens (primary N) is 1. The largest absolute Gasteiger partial charge is 0.496 e. The molecule has 1 fully saturated rings. The molecule has 0 saturated heterocycles. The van der Waals surface area contributed by atoms with Crippen LogP contribution in [0.15, 0.2) is 72.9 Å². The monoisotopic (exact) mass is 554 g/mol. The number of carbonyl (C=O) groups excluding carboxylic acids is 2. The molecule has 3 aromatic rings. The van der Waals surface area contributed by atoms with E-state index in [9.17, 15) is 22.8 Å². The van der Waals surface area contributed by atoms with E-state index in [0.29, 0.717) is 22.5 Å². The lowest BCUT2D eigenvalue weighted by molar-refractivity contribution is -0.137. The van der Waals surface area contributed by atoms with Gasteiger partial charge in [0.1, 0.15) is 11.6 Å². The second-order valence-corrected chi connectivity index (χ2v) is 9.50. The van der Waals surface area contributed by atoms with Crippen molar-refractivity contribution in [2.75, 3.05) is 12.8 Å². The number of halogens is 3. The topological polar surface area (TPSA) is 106 Å². The summed E-state index contributed by atoms with van der Waals surface area (Å²) >= 11 is 0. The van der Waals surface area contributed by atoms with Crippen LogP contribution >= 0.6 is 0 Å². The molecule has 0 spiro atoms. The normalized spacial score (nSPS) is 14.9. The number of hydrogen-bond donors (Lipinski definition) is 3. The van der Waals surface area contributed by atoms with Gasteiger partial charge in [0, 0.05) is 29.9 Å². The van der Waals surface area contributed by atoms with Crippen LogP contribution in [-0.4, -0.2) is 29.9 Å². The summed E-state index contributed by atoms with van der Waals surface area (Å²) in [4.78, 5) is 27.9. The first-order valence-electron chi connectivity index (χ1n) is 12.7. The van der Waals surface area contributed by atoms with E-state index < -0.39 is 11.7 Å². The number of aromatic nitrogens is 1. The van der Waals surface area contributed by atoms with Crippen molar-refractivity contribution in [3.63, 3.8) is 0 Å². The Hall–Kier alpha value is -4.34. The first kappa shape index (κ1) is 30.2. The number of nitrogen functional groups attached to an aromatic ring is 1. The van der Waals surface area contributed by atoms with Crippen LogP contribution in [0.1, 0.15) is 63.1 Å². The predicted octanol–water partition coefficient (Wildman–Crippen LogP) is 5.84. The van der Waals surface area contributed by atoms with E-state index in [1.807, 2.05) is 25.1 Å². The third kappa shape index (κ3) is 8.59. The lowest BCUT2D eigenvalue weighted by atomic mass is 9.91. The fraction of sp³-hybridized carbons (Fsp3) is 0.300. The molecule has 0 radical (unpaired) electrons. The number of alkyl halides is 3. The fourth-order valence-electron chi connectivity index (χ4n) is 4.25. The van der Waals surface area contributed by atoms with Crippen LogP contribution in [0, 0.1) is 6.92 Å². The molecule has 1 aliphatic rings. The molecule has 40 heavy (non-hydrogen) atoms. The Balaban J connectivity index is 0.000000222. The average Bonchev–Trinajstić information content (AvgIpc) is 2.92. The lowest BCUT2D eigenvalue weighted by Gasteiger charge is -2.25. The number of amides is 2. The van der Waals surface area contributed by atoms with Crippen molar-refractivity contribution < 1.29 is 27.5 Å². The summed E-state index contributed by atoms with van der Waals surface area (Å²) in [5.41, 5.74) is 8.40. The highest BCUT2D eigenvalue weighted by Crippen LogP contribution is 2.29. The summed E-state index contributed by atoms with van der Waals surface area (Å²) in [7, 11) is 1.62. The van der Waals surface area contributed by atoms with Crippen LogP contribution in [0.25, 0.3) is 0 Å². The number of benzene rings is 2. The Morgan fingerprint density at radius 2 is 1.82 bits per heavy atom. The Morgan fingerprint density at radius 3 is 2.42 bits per heavy atom. The quantitative estimate of drug-likeness (QED) is 0.332. The van der Waals surface area contributed by atoms with E-state index in [2.05, 4.69) is 22.2 Å². The number of hydrogen-bond acceptors (Lipinski definition) is 5. The first-order chi connectivity index (χ1) is 19.0. The summed E-state index contributed by atoms with van der Waals surface area (Å²) in [6.07, 6.45) is 1.10. The van der Waals surface area contributed by atoms with Gasteiger partial charge in [-0.2, -0.15) is 13.2 Å². The van der Waals surface area contributed by atoms with Crippen LogP contribution in [0.2, 0.25) is 0 Å². The van der Waals surface area contributed by atoms with E-state index in [-0.39, 0.29) is 24.4 Å². The fourth-order valence-corrected chi connectivity index (χ4v) is 4.25. The molecule has 0 aliphatic heterocycles. The van der Waals surface area contributed by atoms with E-state index >= 15 is 0 Å². The Kier molecular flexibility index (Phi) is 10.3. The average molecular weight is 555 g/mol. The number of methoxy groups -OCH3 is 1. The van der Waals surface area contributed by atoms with E-state index in [0.717, 1.165) is 49.1 Å². The molecule has 212 valence electrons. The third-order valence-electron chi connectivity index (χ3n) is 6.48. The van der Waals surface area contributed by atoms with Crippen molar-refractivity contribution >= 4 is 17.6 Å². The highest BCUT2D eigenvalue weighted by atomic mass is 19.4. The van der Waals surface area contributed by atoms with Gasteiger partial charge in [0.25, 0.3) is 11.8 Å². The third-order valence-corrected chi connectivity index (χ3v) is 6.48. The highest BCUT2D eigenvalue weighted by molar-refractivity contribution is 5.96. The van der Waals surface area contributed by atoms with E-state index in [4.69, 9.17) is 10.5 Å². The molecule has 1 heterocycles. The molecule has 10 heteroatoms. The van der Waals surface area contributed by atoms with Gasteiger partial charge >= 0.3 is 6.18 Å².